The van der Waals surface area contributed by atoms with Gasteiger partial charge in [-0.1, -0.05) is 36.4 Å². The summed E-state index contributed by atoms with van der Waals surface area (Å²) in [6.45, 7) is 5.96. The van der Waals surface area contributed by atoms with E-state index >= 15 is 0 Å². The molecule has 2 aromatic carbocycles. The molecule has 2 rings (SSSR count). The molecule has 1 atom stereocenters. The fourth-order valence-electron chi connectivity index (χ4n) is 2.05. The summed E-state index contributed by atoms with van der Waals surface area (Å²) in [5.74, 6) is 0.375. The maximum atomic E-state index is 9.93. The molecule has 0 aliphatic carbocycles. The van der Waals surface area contributed by atoms with Gasteiger partial charge in [-0.05, 0) is 38.0 Å². The van der Waals surface area contributed by atoms with Crippen LogP contribution in [0.4, 0.5) is 5.69 Å². The molecule has 0 saturated carbocycles. The lowest BCUT2D eigenvalue weighted by Gasteiger charge is -2.18. The van der Waals surface area contributed by atoms with Gasteiger partial charge < -0.3 is 10.4 Å². The fourth-order valence-corrected chi connectivity index (χ4v) is 2.05. The summed E-state index contributed by atoms with van der Waals surface area (Å²) < 4.78 is 0. The first-order valence-corrected chi connectivity index (χ1v) is 6.20. The van der Waals surface area contributed by atoms with E-state index in [2.05, 4.69) is 24.4 Å². The summed E-state index contributed by atoms with van der Waals surface area (Å²) in [5.41, 5.74) is 4.02. The summed E-state index contributed by atoms with van der Waals surface area (Å²) in [6, 6.07) is 14.4. The van der Waals surface area contributed by atoms with Crippen LogP contribution >= 0.6 is 0 Å². The molecular formula is C16H19NO. The molecule has 2 nitrogen and oxygen atoms in total. The Morgan fingerprint density at radius 3 is 2.33 bits per heavy atom. The number of anilines is 1. The van der Waals surface area contributed by atoms with Gasteiger partial charge in [0.1, 0.15) is 5.75 Å². The van der Waals surface area contributed by atoms with Crippen molar-refractivity contribution >= 4 is 5.69 Å². The number of hydrogen-bond acceptors (Lipinski definition) is 2. The van der Waals surface area contributed by atoms with E-state index in [-0.39, 0.29) is 6.04 Å². The van der Waals surface area contributed by atoms with E-state index in [1.54, 1.807) is 0 Å². The maximum absolute atomic E-state index is 9.93. The third-order valence-electron chi connectivity index (χ3n) is 3.30. The van der Waals surface area contributed by atoms with Gasteiger partial charge in [0.2, 0.25) is 0 Å². The Morgan fingerprint density at radius 1 is 1.00 bits per heavy atom. The molecule has 0 bridgehead atoms. The zero-order chi connectivity index (χ0) is 13.1. The monoisotopic (exact) mass is 241 g/mol. The number of aryl methyl sites for hydroxylation is 1. The lowest BCUT2D eigenvalue weighted by atomic mass is 10.1. The van der Waals surface area contributed by atoms with E-state index in [9.17, 15) is 5.11 Å². The van der Waals surface area contributed by atoms with Crippen molar-refractivity contribution in [2.75, 3.05) is 5.32 Å². The van der Waals surface area contributed by atoms with E-state index in [1.807, 2.05) is 44.2 Å². The van der Waals surface area contributed by atoms with E-state index in [4.69, 9.17) is 0 Å². The molecule has 0 aliphatic rings. The number of aromatic hydroxyl groups is 1. The van der Waals surface area contributed by atoms with Crippen LogP contribution in [0.2, 0.25) is 0 Å². The molecule has 0 aromatic heterocycles. The minimum atomic E-state index is 0.215. The second-order valence-corrected chi connectivity index (χ2v) is 4.68. The number of rotatable bonds is 3. The van der Waals surface area contributed by atoms with Crippen LogP contribution < -0.4 is 5.32 Å². The molecule has 0 aliphatic heterocycles. The highest BCUT2D eigenvalue weighted by molar-refractivity contribution is 5.59. The minimum absolute atomic E-state index is 0.215. The van der Waals surface area contributed by atoms with Gasteiger partial charge in [0.15, 0.2) is 0 Å². The Labute approximate surface area is 108 Å². The average molecular weight is 241 g/mol. The van der Waals surface area contributed by atoms with Gasteiger partial charge in [-0.25, -0.2) is 0 Å². The van der Waals surface area contributed by atoms with Crippen LogP contribution in [0.1, 0.15) is 29.7 Å². The molecule has 0 saturated heterocycles. The highest BCUT2D eigenvalue weighted by atomic mass is 16.3. The molecule has 2 heteroatoms. The molecule has 0 amide bonds. The molecule has 2 aromatic rings. The third kappa shape index (κ3) is 2.48. The summed E-state index contributed by atoms with van der Waals surface area (Å²) in [7, 11) is 0. The Kier molecular flexibility index (Phi) is 3.56. The van der Waals surface area contributed by atoms with Gasteiger partial charge in [-0.2, -0.15) is 0 Å². The lowest BCUT2D eigenvalue weighted by Crippen LogP contribution is -2.07. The van der Waals surface area contributed by atoms with E-state index in [0.29, 0.717) is 5.75 Å². The summed E-state index contributed by atoms with van der Waals surface area (Å²) in [6.07, 6.45) is 0. The van der Waals surface area contributed by atoms with Crippen LogP contribution in [0.15, 0.2) is 42.5 Å². The van der Waals surface area contributed by atoms with Crippen LogP contribution in [0.3, 0.4) is 0 Å². The SMILES string of the molecule is Cc1ccc(NC(C)c2ccccc2)c(C)c1O. The average Bonchev–Trinajstić information content (AvgIpc) is 2.40. The lowest BCUT2D eigenvalue weighted by molar-refractivity contribution is 0.467. The number of hydrogen-bond donors (Lipinski definition) is 2. The van der Waals surface area contributed by atoms with Crippen LogP contribution in [-0.2, 0) is 0 Å². The number of benzene rings is 2. The van der Waals surface area contributed by atoms with Crippen molar-refractivity contribution in [3.8, 4) is 5.75 Å². The quantitative estimate of drug-likeness (QED) is 0.844. The van der Waals surface area contributed by atoms with Gasteiger partial charge in [0.25, 0.3) is 0 Å². The Bertz CT molecular complexity index is 534. The van der Waals surface area contributed by atoms with Crippen molar-refractivity contribution in [2.24, 2.45) is 0 Å². The molecular weight excluding hydrogens is 222 g/mol. The van der Waals surface area contributed by atoms with Crippen LogP contribution in [0, 0.1) is 13.8 Å². The van der Waals surface area contributed by atoms with Crippen molar-refractivity contribution in [1.82, 2.24) is 0 Å². The Morgan fingerprint density at radius 2 is 1.67 bits per heavy atom. The number of phenolic OH excluding ortho intramolecular Hbond substituents is 1. The van der Waals surface area contributed by atoms with Gasteiger partial charge in [-0.3, -0.25) is 0 Å². The molecule has 0 radical (unpaired) electrons. The Balaban J connectivity index is 2.22. The molecule has 0 heterocycles. The highest BCUT2D eigenvalue weighted by Gasteiger charge is 2.09. The molecule has 18 heavy (non-hydrogen) atoms. The molecule has 1 unspecified atom stereocenters. The van der Waals surface area contributed by atoms with Crippen molar-refractivity contribution in [3.63, 3.8) is 0 Å². The van der Waals surface area contributed by atoms with Gasteiger partial charge in [-0.15, -0.1) is 0 Å². The smallest absolute Gasteiger partial charge is 0.123 e. The highest BCUT2D eigenvalue weighted by Crippen LogP contribution is 2.30. The predicted molar refractivity (Wildman–Crippen MR) is 76.1 cm³/mol. The van der Waals surface area contributed by atoms with E-state index in [1.165, 1.54) is 5.56 Å². The molecule has 0 spiro atoms. The van der Waals surface area contributed by atoms with Crippen LogP contribution in [-0.4, -0.2) is 5.11 Å². The molecule has 94 valence electrons. The first kappa shape index (κ1) is 12.5. The topological polar surface area (TPSA) is 32.3 Å². The van der Waals surface area contributed by atoms with Gasteiger partial charge in [0, 0.05) is 17.3 Å². The summed E-state index contributed by atoms with van der Waals surface area (Å²) >= 11 is 0. The van der Waals surface area contributed by atoms with Gasteiger partial charge >= 0.3 is 0 Å². The van der Waals surface area contributed by atoms with Crippen molar-refractivity contribution in [3.05, 3.63) is 59.2 Å². The van der Waals surface area contributed by atoms with Crippen molar-refractivity contribution in [1.29, 1.82) is 0 Å². The normalized spacial score (nSPS) is 12.2. The second kappa shape index (κ2) is 5.13. The van der Waals surface area contributed by atoms with Crippen LogP contribution in [0.5, 0.6) is 5.75 Å². The van der Waals surface area contributed by atoms with Crippen molar-refractivity contribution in [2.45, 2.75) is 26.8 Å². The standard InChI is InChI=1S/C16H19NO/c1-11-9-10-15(12(2)16(11)18)17-13(3)14-7-5-4-6-8-14/h4-10,13,17-18H,1-3H3. The first-order valence-electron chi connectivity index (χ1n) is 6.20. The fraction of sp³-hybridized carbons (Fsp3) is 0.250. The van der Waals surface area contributed by atoms with Gasteiger partial charge in [0.05, 0.1) is 0 Å². The third-order valence-corrected chi connectivity index (χ3v) is 3.30. The Hall–Kier alpha value is -1.96. The van der Waals surface area contributed by atoms with E-state index in [0.717, 1.165) is 16.8 Å². The number of nitrogens with one attached hydrogen (secondary N) is 1. The zero-order valence-electron chi connectivity index (χ0n) is 11.1. The maximum Gasteiger partial charge on any atom is 0.123 e. The minimum Gasteiger partial charge on any atom is -0.507 e. The van der Waals surface area contributed by atoms with Crippen LogP contribution in [0.25, 0.3) is 0 Å². The predicted octanol–water partition coefficient (Wildman–Crippen LogP) is 4.18. The number of phenols is 1. The molecule has 2 N–H and O–H groups in total. The zero-order valence-corrected chi connectivity index (χ0v) is 11.1. The summed E-state index contributed by atoms with van der Waals surface area (Å²) in [4.78, 5) is 0. The van der Waals surface area contributed by atoms with E-state index < -0.39 is 0 Å². The first-order chi connectivity index (χ1) is 8.59. The summed E-state index contributed by atoms with van der Waals surface area (Å²) in [5, 5.41) is 13.4. The van der Waals surface area contributed by atoms with Crippen molar-refractivity contribution < 1.29 is 5.11 Å². The largest absolute Gasteiger partial charge is 0.507 e. The second-order valence-electron chi connectivity index (χ2n) is 4.68. The molecule has 0 fully saturated rings.